The van der Waals surface area contributed by atoms with Crippen molar-refractivity contribution in [3.63, 3.8) is 0 Å². The molecule has 0 radical (unpaired) electrons. The summed E-state index contributed by atoms with van der Waals surface area (Å²) >= 11 is 0. The van der Waals surface area contributed by atoms with Crippen LogP contribution in [0.15, 0.2) is 53.5 Å². The fourth-order valence-electron chi connectivity index (χ4n) is 4.22. The van der Waals surface area contributed by atoms with Crippen LogP contribution in [0.25, 0.3) is 0 Å². The molecule has 2 aliphatic rings. The zero-order chi connectivity index (χ0) is 21.3. The lowest BCUT2D eigenvalue weighted by Crippen LogP contribution is -2.40. The van der Waals surface area contributed by atoms with E-state index in [2.05, 4.69) is 64.9 Å². The van der Waals surface area contributed by atoms with E-state index < -0.39 is 0 Å². The van der Waals surface area contributed by atoms with Gasteiger partial charge in [-0.05, 0) is 36.1 Å². The van der Waals surface area contributed by atoms with Crippen molar-refractivity contribution in [2.75, 3.05) is 46.0 Å². The second-order valence-electron chi connectivity index (χ2n) is 8.11. The maximum atomic E-state index is 5.80. The first kappa shape index (κ1) is 24.8. The molecule has 2 aromatic rings. The Kier molecular flexibility index (Phi) is 10.1. The van der Waals surface area contributed by atoms with E-state index in [-0.39, 0.29) is 24.0 Å². The topological polar surface area (TPSA) is 58.1 Å². The van der Waals surface area contributed by atoms with E-state index in [1.54, 1.807) is 0 Å². The third-order valence-electron chi connectivity index (χ3n) is 5.97. The molecule has 0 bridgehead atoms. The number of rotatable bonds is 7. The van der Waals surface area contributed by atoms with Gasteiger partial charge in [0.1, 0.15) is 5.75 Å². The lowest BCUT2D eigenvalue weighted by molar-refractivity contribution is 0.0341. The number of nitrogens with one attached hydrogen (secondary N) is 2. The van der Waals surface area contributed by atoms with E-state index in [9.17, 15) is 0 Å². The first-order chi connectivity index (χ1) is 15.3. The highest BCUT2D eigenvalue weighted by Crippen LogP contribution is 2.32. The van der Waals surface area contributed by atoms with Crippen molar-refractivity contribution in [2.24, 2.45) is 4.99 Å². The summed E-state index contributed by atoms with van der Waals surface area (Å²) < 4.78 is 11.3. The molecule has 0 aliphatic carbocycles. The maximum absolute atomic E-state index is 5.80. The summed E-state index contributed by atoms with van der Waals surface area (Å²) in [5.74, 6) is 2.31. The first-order valence-corrected chi connectivity index (χ1v) is 11.4. The van der Waals surface area contributed by atoms with Crippen LogP contribution < -0.4 is 15.4 Å². The van der Waals surface area contributed by atoms with Gasteiger partial charge in [0.2, 0.25) is 0 Å². The molecule has 174 valence electrons. The SMILES string of the molecule is CCNC(=NCc1ccccc1CN1CCOCC1)NCC1CCOc2ccccc21.I. The van der Waals surface area contributed by atoms with Gasteiger partial charge < -0.3 is 20.1 Å². The number of halogens is 1. The molecule has 6 nitrogen and oxygen atoms in total. The normalized spacial score (nSPS) is 18.8. The fraction of sp³-hybridized carbons (Fsp3) is 0.480. The van der Waals surface area contributed by atoms with Crippen molar-refractivity contribution < 1.29 is 9.47 Å². The molecule has 2 aliphatic heterocycles. The smallest absolute Gasteiger partial charge is 0.191 e. The van der Waals surface area contributed by atoms with Crippen molar-refractivity contribution in [3.8, 4) is 5.75 Å². The van der Waals surface area contributed by atoms with Gasteiger partial charge in [0, 0.05) is 38.6 Å². The number of benzene rings is 2. The Balaban J connectivity index is 0.00000289. The van der Waals surface area contributed by atoms with Crippen LogP contribution in [-0.4, -0.2) is 56.9 Å². The van der Waals surface area contributed by atoms with Gasteiger partial charge in [-0.25, -0.2) is 4.99 Å². The number of fused-ring (bicyclic) bond motifs is 1. The zero-order valence-electron chi connectivity index (χ0n) is 18.9. The van der Waals surface area contributed by atoms with E-state index >= 15 is 0 Å². The van der Waals surface area contributed by atoms with Crippen LogP contribution in [0.2, 0.25) is 0 Å². The molecule has 4 rings (SSSR count). The van der Waals surface area contributed by atoms with Crippen molar-refractivity contribution in [3.05, 3.63) is 65.2 Å². The number of para-hydroxylation sites is 1. The minimum atomic E-state index is 0. The number of ether oxygens (including phenoxy) is 2. The molecule has 1 atom stereocenters. The fourth-order valence-corrected chi connectivity index (χ4v) is 4.22. The predicted octanol–water partition coefficient (Wildman–Crippen LogP) is 3.76. The zero-order valence-corrected chi connectivity index (χ0v) is 21.2. The van der Waals surface area contributed by atoms with Crippen LogP contribution in [0.3, 0.4) is 0 Å². The predicted molar refractivity (Wildman–Crippen MR) is 140 cm³/mol. The Hall–Kier alpha value is -1.84. The average Bonchev–Trinajstić information content (AvgIpc) is 2.82. The summed E-state index contributed by atoms with van der Waals surface area (Å²) in [5, 5.41) is 6.96. The number of guanidine groups is 1. The summed E-state index contributed by atoms with van der Waals surface area (Å²) in [6.07, 6.45) is 1.02. The van der Waals surface area contributed by atoms with Crippen LogP contribution in [0.4, 0.5) is 0 Å². The van der Waals surface area contributed by atoms with Gasteiger partial charge in [-0.2, -0.15) is 0 Å². The Labute approximate surface area is 208 Å². The van der Waals surface area contributed by atoms with Crippen LogP contribution in [0.5, 0.6) is 5.75 Å². The summed E-state index contributed by atoms with van der Waals surface area (Å²) in [4.78, 5) is 7.35. The van der Waals surface area contributed by atoms with Crippen LogP contribution >= 0.6 is 24.0 Å². The third kappa shape index (κ3) is 6.83. The molecule has 32 heavy (non-hydrogen) atoms. The molecular formula is C25H35IN4O2. The van der Waals surface area contributed by atoms with Gasteiger partial charge in [-0.3, -0.25) is 4.90 Å². The highest BCUT2D eigenvalue weighted by molar-refractivity contribution is 14.0. The number of hydrogen-bond donors (Lipinski definition) is 2. The molecule has 2 aromatic carbocycles. The molecule has 1 fully saturated rings. The highest BCUT2D eigenvalue weighted by atomic mass is 127. The number of aliphatic imine (C=N–C) groups is 1. The van der Waals surface area contributed by atoms with Gasteiger partial charge in [-0.1, -0.05) is 42.5 Å². The number of nitrogens with zero attached hydrogens (tertiary/aromatic N) is 2. The minimum absolute atomic E-state index is 0. The largest absolute Gasteiger partial charge is 0.493 e. The molecule has 0 aromatic heterocycles. The Morgan fingerprint density at radius 1 is 1.00 bits per heavy atom. The van der Waals surface area contributed by atoms with Gasteiger partial charge in [-0.15, -0.1) is 24.0 Å². The summed E-state index contributed by atoms with van der Waals surface area (Å²) in [6.45, 7) is 9.82. The molecule has 7 heteroatoms. The minimum Gasteiger partial charge on any atom is -0.493 e. The molecule has 1 saturated heterocycles. The lowest BCUT2D eigenvalue weighted by Gasteiger charge is -2.27. The van der Waals surface area contributed by atoms with Gasteiger partial charge in [0.05, 0.1) is 26.4 Å². The summed E-state index contributed by atoms with van der Waals surface area (Å²) in [5.41, 5.74) is 3.91. The quantitative estimate of drug-likeness (QED) is 0.313. The van der Waals surface area contributed by atoms with E-state index in [0.29, 0.717) is 12.5 Å². The monoisotopic (exact) mass is 550 g/mol. The molecule has 2 heterocycles. The van der Waals surface area contributed by atoms with Crippen molar-refractivity contribution in [1.82, 2.24) is 15.5 Å². The maximum Gasteiger partial charge on any atom is 0.191 e. The van der Waals surface area contributed by atoms with Gasteiger partial charge in [0.25, 0.3) is 0 Å². The molecule has 0 spiro atoms. The molecule has 2 N–H and O–H groups in total. The lowest BCUT2D eigenvalue weighted by atomic mass is 9.93. The summed E-state index contributed by atoms with van der Waals surface area (Å²) in [6, 6.07) is 17.0. The second-order valence-corrected chi connectivity index (χ2v) is 8.11. The average molecular weight is 550 g/mol. The van der Waals surface area contributed by atoms with E-state index in [0.717, 1.165) is 70.7 Å². The number of morpholine rings is 1. The highest BCUT2D eigenvalue weighted by Gasteiger charge is 2.21. The Bertz CT molecular complexity index is 871. The Morgan fingerprint density at radius 2 is 1.75 bits per heavy atom. The van der Waals surface area contributed by atoms with Crippen molar-refractivity contribution in [2.45, 2.75) is 32.4 Å². The summed E-state index contributed by atoms with van der Waals surface area (Å²) in [7, 11) is 0. The van der Waals surface area contributed by atoms with Crippen LogP contribution in [-0.2, 0) is 17.8 Å². The van der Waals surface area contributed by atoms with Crippen LogP contribution in [0.1, 0.15) is 36.0 Å². The Morgan fingerprint density at radius 3 is 2.56 bits per heavy atom. The van der Waals surface area contributed by atoms with Crippen LogP contribution in [0, 0.1) is 0 Å². The third-order valence-corrected chi connectivity index (χ3v) is 5.97. The van der Waals surface area contributed by atoms with Crippen molar-refractivity contribution in [1.29, 1.82) is 0 Å². The van der Waals surface area contributed by atoms with E-state index in [4.69, 9.17) is 14.5 Å². The van der Waals surface area contributed by atoms with Gasteiger partial charge in [0.15, 0.2) is 5.96 Å². The molecular weight excluding hydrogens is 515 g/mol. The molecule has 1 unspecified atom stereocenters. The standard InChI is InChI=1S/C25H34N4O2.HI/c1-2-26-25(28-18-21-11-14-31-24-10-6-5-9-23(21)24)27-17-20-7-3-4-8-22(20)19-29-12-15-30-16-13-29;/h3-10,21H,2,11-19H2,1H3,(H2,26,27,28);1H. The van der Waals surface area contributed by atoms with Gasteiger partial charge >= 0.3 is 0 Å². The second kappa shape index (κ2) is 13.0. The molecule has 0 amide bonds. The van der Waals surface area contributed by atoms with Crippen molar-refractivity contribution >= 4 is 29.9 Å². The number of hydrogen-bond acceptors (Lipinski definition) is 4. The molecule has 0 saturated carbocycles. The first-order valence-electron chi connectivity index (χ1n) is 11.4. The van der Waals surface area contributed by atoms with E-state index in [1.807, 2.05) is 6.07 Å². The van der Waals surface area contributed by atoms with E-state index in [1.165, 1.54) is 16.7 Å².